The molecule has 1 amide bonds. The lowest BCUT2D eigenvalue weighted by Gasteiger charge is -2.14. The van der Waals surface area contributed by atoms with E-state index in [-0.39, 0.29) is 18.6 Å². The molecule has 10 nitrogen and oxygen atoms in total. The fraction of sp³-hybridized carbons (Fsp3) is 0.238. The molecular weight excluding hydrogens is 398 g/mol. The monoisotopic (exact) mass is 419 g/mol. The highest BCUT2D eigenvalue weighted by atomic mass is 16.2. The molecule has 0 spiro atoms. The van der Waals surface area contributed by atoms with E-state index in [1.54, 1.807) is 54.9 Å². The number of tetrazole rings is 1. The second-order valence-corrected chi connectivity index (χ2v) is 7.12. The number of para-hydroxylation sites is 1. The van der Waals surface area contributed by atoms with Crippen molar-refractivity contribution in [2.45, 2.75) is 33.9 Å². The van der Waals surface area contributed by atoms with Gasteiger partial charge in [-0.25, -0.2) is 4.79 Å². The average molecular weight is 419 g/mol. The quantitative estimate of drug-likeness (QED) is 0.523. The normalized spacial score (nSPS) is 11.1. The largest absolute Gasteiger partial charge is 0.331 e. The standard InChI is InChI=1S/C21H21N7O3/c1-4-26-20(30)16-7-5-6-8-17(16)27(21(26)31)12-19(29)22-15-10-9-13(2)18(11-15)28-14(3)23-24-25-28/h5-11H,4,12H2,1-3H3,(H,22,29). The van der Waals surface area contributed by atoms with Gasteiger partial charge in [-0.1, -0.05) is 18.2 Å². The molecular formula is C21H21N7O3. The molecule has 2 aromatic heterocycles. The highest BCUT2D eigenvalue weighted by Crippen LogP contribution is 2.19. The summed E-state index contributed by atoms with van der Waals surface area (Å²) in [5.74, 6) is 0.225. The zero-order valence-electron chi connectivity index (χ0n) is 17.4. The molecule has 0 atom stereocenters. The number of benzene rings is 2. The molecule has 4 aromatic rings. The number of nitrogens with zero attached hydrogens (tertiary/aromatic N) is 6. The zero-order chi connectivity index (χ0) is 22.1. The molecule has 10 heteroatoms. The molecule has 31 heavy (non-hydrogen) atoms. The van der Waals surface area contributed by atoms with Crippen LogP contribution in [0.5, 0.6) is 0 Å². The van der Waals surface area contributed by atoms with Gasteiger partial charge >= 0.3 is 5.69 Å². The van der Waals surface area contributed by atoms with Crippen molar-refractivity contribution >= 4 is 22.5 Å². The molecule has 4 rings (SSSR count). The van der Waals surface area contributed by atoms with Crippen LogP contribution < -0.4 is 16.6 Å². The SMILES string of the molecule is CCn1c(=O)c2ccccc2n(CC(=O)Nc2ccc(C)c(-n3nnnc3C)c2)c1=O. The molecule has 0 bridgehead atoms. The molecule has 0 aliphatic rings. The number of hydrogen-bond acceptors (Lipinski definition) is 6. The van der Waals surface area contributed by atoms with Gasteiger partial charge in [0.25, 0.3) is 5.56 Å². The van der Waals surface area contributed by atoms with Crippen molar-refractivity contribution in [2.75, 3.05) is 5.32 Å². The number of amides is 1. The van der Waals surface area contributed by atoms with Crippen molar-refractivity contribution in [3.63, 3.8) is 0 Å². The van der Waals surface area contributed by atoms with Crippen molar-refractivity contribution in [1.82, 2.24) is 29.3 Å². The first-order valence-corrected chi connectivity index (χ1v) is 9.79. The van der Waals surface area contributed by atoms with Gasteiger partial charge in [0.1, 0.15) is 6.54 Å². The summed E-state index contributed by atoms with van der Waals surface area (Å²) in [6.07, 6.45) is 0. The van der Waals surface area contributed by atoms with Crippen LogP contribution in [0.25, 0.3) is 16.6 Å². The Morgan fingerprint density at radius 3 is 2.55 bits per heavy atom. The lowest BCUT2D eigenvalue weighted by Crippen LogP contribution is -2.41. The van der Waals surface area contributed by atoms with E-state index < -0.39 is 11.6 Å². The lowest BCUT2D eigenvalue weighted by atomic mass is 10.1. The van der Waals surface area contributed by atoms with Crippen molar-refractivity contribution in [2.24, 2.45) is 0 Å². The summed E-state index contributed by atoms with van der Waals surface area (Å²) in [5.41, 5.74) is 1.76. The second-order valence-electron chi connectivity index (χ2n) is 7.12. The van der Waals surface area contributed by atoms with Crippen LogP contribution in [0.3, 0.4) is 0 Å². The number of nitrogens with one attached hydrogen (secondary N) is 1. The van der Waals surface area contributed by atoms with Gasteiger partial charge in [-0.15, -0.1) is 5.10 Å². The molecule has 0 radical (unpaired) electrons. The average Bonchev–Trinajstić information content (AvgIpc) is 3.18. The Labute approximate surface area is 176 Å². The molecule has 158 valence electrons. The number of anilines is 1. The van der Waals surface area contributed by atoms with Gasteiger partial charge in [0.2, 0.25) is 5.91 Å². The van der Waals surface area contributed by atoms with Crippen molar-refractivity contribution < 1.29 is 4.79 Å². The molecule has 0 saturated carbocycles. The molecule has 0 fully saturated rings. The Hall–Kier alpha value is -4.08. The second kappa shape index (κ2) is 7.98. The minimum atomic E-state index is -0.518. The third-order valence-electron chi connectivity index (χ3n) is 5.10. The van der Waals surface area contributed by atoms with Gasteiger partial charge in [-0.05, 0) is 61.0 Å². The molecule has 1 N–H and O–H groups in total. The van der Waals surface area contributed by atoms with Crippen LogP contribution in [0, 0.1) is 13.8 Å². The minimum Gasteiger partial charge on any atom is -0.324 e. The number of aryl methyl sites for hydroxylation is 2. The Kier molecular flexibility index (Phi) is 5.20. The first-order chi connectivity index (χ1) is 14.9. The molecule has 2 aromatic carbocycles. The van der Waals surface area contributed by atoms with Gasteiger partial charge in [0.05, 0.1) is 16.6 Å². The maximum Gasteiger partial charge on any atom is 0.331 e. The predicted molar refractivity (Wildman–Crippen MR) is 115 cm³/mol. The number of hydrogen-bond donors (Lipinski definition) is 1. The molecule has 0 aliphatic carbocycles. The summed E-state index contributed by atoms with van der Waals surface area (Å²) in [4.78, 5) is 38.2. The van der Waals surface area contributed by atoms with Crippen LogP contribution in [-0.4, -0.2) is 35.2 Å². The Bertz CT molecular complexity index is 1410. The van der Waals surface area contributed by atoms with Crippen molar-refractivity contribution in [3.8, 4) is 5.69 Å². The van der Waals surface area contributed by atoms with Crippen LogP contribution in [-0.2, 0) is 17.9 Å². The van der Waals surface area contributed by atoms with E-state index in [0.29, 0.717) is 22.4 Å². The van der Waals surface area contributed by atoms with Crippen LogP contribution in [0.15, 0.2) is 52.1 Å². The lowest BCUT2D eigenvalue weighted by molar-refractivity contribution is -0.116. The maximum atomic E-state index is 12.8. The van der Waals surface area contributed by atoms with E-state index in [9.17, 15) is 14.4 Å². The van der Waals surface area contributed by atoms with Crippen LogP contribution >= 0.6 is 0 Å². The summed E-state index contributed by atoms with van der Waals surface area (Å²) >= 11 is 0. The first-order valence-electron chi connectivity index (χ1n) is 9.79. The highest BCUT2D eigenvalue weighted by molar-refractivity contribution is 5.92. The van der Waals surface area contributed by atoms with Crippen LogP contribution in [0.4, 0.5) is 5.69 Å². The molecule has 0 unspecified atom stereocenters. The fourth-order valence-electron chi connectivity index (χ4n) is 3.52. The topological polar surface area (TPSA) is 117 Å². The zero-order valence-corrected chi connectivity index (χ0v) is 17.4. The predicted octanol–water partition coefficient (Wildman–Crippen LogP) is 1.41. The number of fused-ring (bicyclic) bond motifs is 1. The number of carbonyl (C=O) groups excluding carboxylic acids is 1. The smallest absolute Gasteiger partial charge is 0.324 e. The summed E-state index contributed by atoms with van der Waals surface area (Å²) in [6.45, 7) is 5.41. The van der Waals surface area contributed by atoms with Gasteiger partial charge in [0.15, 0.2) is 5.82 Å². The Morgan fingerprint density at radius 1 is 1.06 bits per heavy atom. The number of aromatic nitrogens is 6. The summed E-state index contributed by atoms with van der Waals surface area (Å²) in [7, 11) is 0. The third-order valence-corrected chi connectivity index (χ3v) is 5.10. The Balaban J connectivity index is 1.68. The van der Waals surface area contributed by atoms with Crippen LogP contribution in [0.1, 0.15) is 18.3 Å². The van der Waals surface area contributed by atoms with E-state index in [1.807, 2.05) is 13.0 Å². The van der Waals surface area contributed by atoms with E-state index in [2.05, 4.69) is 20.8 Å². The highest BCUT2D eigenvalue weighted by Gasteiger charge is 2.15. The van der Waals surface area contributed by atoms with Gasteiger partial charge in [0, 0.05) is 12.2 Å². The Morgan fingerprint density at radius 2 is 1.84 bits per heavy atom. The van der Waals surface area contributed by atoms with E-state index in [1.165, 1.54) is 4.57 Å². The summed E-state index contributed by atoms with van der Waals surface area (Å²) in [5, 5.41) is 14.7. The number of carbonyl (C=O) groups is 1. The van der Waals surface area contributed by atoms with E-state index >= 15 is 0 Å². The van der Waals surface area contributed by atoms with Gasteiger partial charge in [-0.3, -0.25) is 18.7 Å². The molecule has 2 heterocycles. The summed E-state index contributed by atoms with van der Waals surface area (Å²) in [6, 6.07) is 12.2. The van der Waals surface area contributed by atoms with E-state index in [4.69, 9.17) is 0 Å². The van der Waals surface area contributed by atoms with E-state index in [0.717, 1.165) is 15.8 Å². The third kappa shape index (κ3) is 3.63. The van der Waals surface area contributed by atoms with Crippen molar-refractivity contribution in [3.05, 3.63) is 74.7 Å². The summed E-state index contributed by atoms with van der Waals surface area (Å²) < 4.78 is 4.02. The molecule has 0 saturated heterocycles. The van der Waals surface area contributed by atoms with Crippen LogP contribution in [0.2, 0.25) is 0 Å². The fourth-order valence-corrected chi connectivity index (χ4v) is 3.52. The van der Waals surface area contributed by atoms with Gasteiger partial charge < -0.3 is 5.32 Å². The number of rotatable bonds is 5. The maximum absolute atomic E-state index is 12.8. The molecule has 0 aliphatic heterocycles. The minimum absolute atomic E-state index is 0.219. The first kappa shape index (κ1) is 20.2. The van der Waals surface area contributed by atoms with Crippen molar-refractivity contribution in [1.29, 1.82) is 0 Å². The van der Waals surface area contributed by atoms with Gasteiger partial charge in [-0.2, -0.15) is 4.68 Å².